The molecule has 0 saturated carbocycles. The Balaban J connectivity index is 1.74. The minimum absolute atomic E-state index is 0.0117. The molecule has 3 aromatic rings. The average Bonchev–Trinajstić information content (AvgIpc) is 2.86. The summed E-state index contributed by atoms with van der Waals surface area (Å²) in [5.41, 5.74) is 2.64. The van der Waals surface area contributed by atoms with Crippen molar-refractivity contribution in [3.05, 3.63) is 70.6 Å². The molecule has 0 amide bonds. The summed E-state index contributed by atoms with van der Waals surface area (Å²) in [4.78, 5) is 38.7. The van der Waals surface area contributed by atoms with Crippen LogP contribution in [0.2, 0.25) is 0 Å². The van der Waals surface area contributed by atoms with Crippen LogP contribution in [-0.4, -0.2) is 79.6 Å². The molecular weight excluding hydrogens is 508 g/mol. The van der Waals surface area contributed by atoms with Crippen LogP contribution < -0.4 is 5.56 Å². The van der Waals surface area contributed by atoms with Crippen LogP contribution in [0.3, 0.4) is 0 Å². The van der Waals surface area contributed by atoms with Gasteiger partial charge >= 0.3 is 5.97 Å². The van der Waals surface area contributed by atoms with Crippen molar-refractivity contribution < 1.29 is 27.9 Å². The van der Waals surface area contributed by atoms with Crippen LogP contribution in [0.15, 0.2) is 59.5 Å². The summed E-state index contributed by atoms with van der Waals surface area (Å²) < 4.78 is 29.3. The highest BCUT2D eigenvalue weighted by Crippen LogP contribution is 2.25. The van der Waals surface area contributed by atoms with Crippen molar-refractivity contribution in [2.24, 2.45) is 0 Å². The molecule has 9 nitrogen and oxygen atoms in total. The van der Waals surface area contributed by atoms with Crippen LogP contribution in [0.25, 0.3) is 21.9 Å². The van der Waals surface area contributed by atoms with E-state index in [9.17, 15) is 27.9 Å². The van der Waals surface area contributed by atoms with Crippen molar-refractivity contribution in [2.75, 3.05) is 40.1 Å². The first-order chi connectivity index (χ1) is 17.9. The largest absolute Gasteiger partial charge is 0.464 e. The molecule has 10 heteroatoms. The van der Waals surface area contributed by atoms with Crippen molar-refractivity contribution in [1.82, 2.24) is 9.47 Å². The Labute approximate surface area is 222 Å². The Morgan fingerprint density at radius 1 is 1.05 bits per heavy atom. The number of aromatic nitrogens is 1. The average molecular weight is 543 g/mol. The molecule has 0 bridgehead atoms. The number of nitrogens with zero attached hydrogens (tertiary/aromatic N) is 2. The Morgan fingerprint density at radius 2 is 1.71 bits per heavy atom. The van der Waals surface area contributed by atoms with Crippen LogP contribution in [0, 0.1) is 0 Å². The first kappa shape index (κ1) is 29.2. The first-order valence-electron chi connectivity index (χ1n) is 12.2. The van der Waals surface area contributed by atoms with Gasteiger partial charge in [0.05, 0.1) is 13.2 Å². The van der Waals surface area contributed by atoms with E-state index in [0.29, 0.717) is 18.4 Å². The van der Waals surface area contributed by atoms with Gasteiger partial charge in [0, 0.05) is 30.8 Å². The number of esters is 1. The summed E-state index contributed by atoms with van der Waals surface area (Å²) in [6, 6.07) is 15.2. The number of ether oxygens (including phenoxy) is 1. The third-order valence-electron chi connectivity index (χ3n) is 6.74. The van der Waals surface area contributed by atoms with Gasteiger partial charge in [-0.05, 0) is 67.7 Å². The smallest absolute Gasteiger partial charge is 0.320 e. The molecule has 1 heterocycles. The Hall–Kier alpha value is -3.34. The molecule has 38 heavy (non-hydrogen) atoms. The van der Waals surface area contributed by atoms with Gasteiger partial charge in [0.15, 0.2) is 15.6 Å². The summed E-state index contributed by atoms with van der Waals surface area (Å²) in [6.07, 6.45) is 3.02. The van der Waals surface area contributed by atoms with Crippen LogP contribution >= 0.6 is 0 Å². The molecule has 3 rings (SSSR count). The summed E-state index contributed by atoms with van der Waals surface area (Å²) in [5.74, 6) is -1.06. The fourth-order valence-electron chi connectivity index (χ4n) is 4.13. The van der Waals surface area contributed by atoms with Crippen molar-refractivity contribution in [2.45, 2.75) is 31.1 Å². The SMILES string of the molecule is CN(C)CC(=O)OCCc1ccc(-c2ccc3c(=O)n(CC[C@](C)(C(=O)CO)S(C)(=O)=O)ccc3c2)cc1. The molecule has 0 unspecified atom stereocenters. The molecule has 0 aliphatic heterocycles. The van der Waals surface area contributed by atoms with Gasteiger partial charge in [-0.15, -0.1) is 0 Å². The molecule has 1 N–H and O–H groups in total. The van der Waals surface area contributed by atoms with Crippen molar-refractivity contribution in [3.63, 3.8) is 0 Å². The number of aliphatic hydroxyl groups is 1. The van der Waals surface area contributed by atoms with Crippen LogP contribution in [0.5, 0.6) is 0 Å². The number of carbonyl (C=O) groups excluding carboxylic acids is 2. The van der Waals surface area contributed by atoms with E-state index in [0.717, 1.165) is 28.3 Å². The number of pyridine rings is 1. The number of benzene rings is 2. The number of sulfone groups is 1. The van der Waals surface area contributed by atoms with Gasteiger partial charge in [-0.3, -0.25) is 19.3 Å². The number of hydrogen-bond donors (Lipinski definition) is 1. The van der Waals surface area contributed by atoms with Gasteiger partial charge in [-0.25, -0.2) is 8.42 Å². The molecule has 1 atom stereocenters. The number of aryl methyl sites for hydroxylation is 1. The fourth-order valence-corrected chi connectivity index (χ4v) is 5.07. The molecule has 0 aliphatic rings. The van der Waals surface area contributed by atoms with Crippen molar-refractivity contribution in [3.8, 4) is 11.1 Å². The lowest BCUT2D eigenvalue weighted by Gasteiger charge is -2.25. The number of likely N-dealkylation sites (N-methyl/N-ethyl adjacent to an activating group) is 1. The minimum Gasteiger partial charge on any atom is -0.464 e. The highest BCUT2D eigenvalue weighted by atomic mass is 32.2. The number of carbonyl (C=O) groups is 2. The third kappa shape index (κ3) is 6.75. The number of fused-ring (bicyclic) bond motifs is 1. The lowest BCUT2D eigenvalue weighted by Crippen LogP contribution is -2.46. The van der Waals surface area contributed by atoms with Gasteiger partial charge in [0.25, 0.3) is 5.56 Å². The quantitative estimate of drug-likeness (QED) is 0.345. The zero-order valence-electron chi connectivity index (χ0n) is 22.1. The molecule has 0 fully saturated rings. The zero-order valence-corrected chi connectivity index (χ0v) is 23.0. The lowest BCUT2D eigenvalue weighted by molar-refractivity contribution is -0.144. The van der Waals surface area contributed by atoms with E-state index >= 15 is 0 Å². The standard InChI is InChI=1S/C28H34N2O7S/c1-28(25(32)19-31,38(4,35)36)13-15-30-14-11-23-17-22(9-10-24(23)27(30)34)21-7-5-20(6-8-21)12-16-37-26(33)18-29(2)3/h5-11,14,17,31H,12-13,15-16,18-19H2,1-4H3/t28-/m1/s1. The Bertz CT molecular complexity index is 1480. The predicted molar refractivity (Wildman–Crippen MR) is 147 cm³/mol. The number of hydrogen-bond acceptors (Lipinski definition) is 8. The van der Waals surface area contributed by atoms with E-state index in [1.165, 1.54) is 11.5 Å². The Kier molecular flexibility index (Phi) is 9.24. The fraction of sp³-hybridized carbons (Fsp3) is 0.393. The molecule has 1 aromatic heterocycles. The monoisotopic (exact) mass is 542 g/mol. The summed E-state index contributed by atoms with van der Waals surface area (Å²) in [7, 11) is -0.186. The molecule has 204 valence electrons. The number of aliphatic hydroxyl groups excluding tert-OH is 1. The molecule has 0 radical (unpaired) electrons. The summed E-state index contributed by atoms with van der Waals surface area (Å²) in [6.45, 7) is 0.964. The lowest BCUT2D eigenvalue weighted by atomic mass is 10.00. The number of Topliss-reactive ketones (excluding diaryl/α,β-unsaturated/α-hetero) is 1. The predicted octanol–water partition coefficient (Wildman–Crippen LogP) is 2.07. The van der Waals surface area contributed by atoms with Crippen LogP contribution in [-0.2, 0) is 37.1 Å². The maximum atomic E-state index is 13.1. The maximum absolute atomic E-state index is 13.1. The van der Waals surface area contributed by atoms with E-state index in [4.69, 9.17) is 4.74 Å². The minimum atomic E-state index is -3.80. The summed E-state index contributed by atoms with van der Waals surface area (Å²) in [5, 5.41) is 10.5. The van der Waals surface area contributed by atoms with Gasteiger partial charge in [-0.1, -0.05) is 30.3 Å². The van der Waals surface area contributed by atoms with Crippen molar-refractivity contribution in [1.29, 1.82) is 0 Å². The summed E-state index contributed by atoms with van der Waals surface area (Å²) >= 11 is 0. The molecule has 0 spiro atoms. The molecule has 0 aliphatic carbocycles. The molecule has 0 saturated heterocycles. The van der Waals surface area contributed by atoms with E-state index in [1.54, 1.807) is 23.2 Å². The van der Waals surface area contributed by atoms with E-state index in [1.807, 2.05) is 50.5 Å². The molecule has 2 aromatic carbocycles. The van der Waals surface area contributed by atoms with E-state index in [-0.39, 0.29) is 31.0 Å². The second kappa shape index (κ2) is 12.0. The van der Waals surface area contributed by atoms with E-state index in [2.05, 4.69) is 0 Å². The second-order valence-corrected chi connectivity index (χ2v) is 12.3. The van der Waals surface area contributed by atoms with E-state index < -0.39 is 27.0 Å². The van der Waals surface area contributed by atoms with Gasteiger partial charge in [-0.2, -0.15) is 0 Å². The third-order valence-corrected chi connectivity index (χ3v) is 8.81. The van der Waals surface area contributed by atoms with Crippen LogP contribution in [0.4, 0.5) is 0 Å². The van der Waals surface area contributed by atoms with Crippen molar-refractivity contribution >= 4 is 32.4 Å². The Morgan fingerprint density at radius 3 is 2.32 bits per heavy atom. The van der Waals surface area contributed by atoms with Gasteiger partial charge in [0.1, 0.15) is 11.4 Å². The molecular formula is C28H34N2O7S. The maximum Gasteiger partial charge on any atom is 0.320 e. The second-order valence-electron chi connectivity index (χ2n) is 9.86. The topological polar surface area (TPSA) is 123 Å². The highest BCUT2D eigenvalue weighted by Gasteiger charge is 2.42. The van der Waals surface area contributed by atoms with Crippen LogP contribution in [0.1, 0.15) is 18.9 Å². The first-order valence-corrected chi connectivity index (χ1v) is 14.1. The van der Waals surface area contributed by atoms with Gasteiger partial charge < -0.3 is 14.4 Å². The number of rotatable bonds is 12. The normalized spacial score (nSPS) is 13.4. The highest BCUT2D eigenvalue weighted by molar-refractivity contribution is 7.92. The number of ketones is 1. The zero-order chi connectivity index (χ0) is 28.1. The van der Waals surface area contributed by atoms with Gasteiger partial charge in [0.2, 0.25) is 0 Å².